The minimum absolute atomic E-state index is 0.0874. The molecule has 0 bridgehead atoms. The summed E-state index contributed by atoms with van der Waals surface area (Å²) in [4.78, 5) is 5.10. The minimum atomic E-state index is -1.03. The SMILES string of the molecule is CC1(N2CCCCC2)CCCC(N2CCCCC2)C1(O)c1cccc(Cl)c1Cl. The number of nitrogens with zero attached hydrogens (tertiary/aromatic N) is 2. The second-order valence-electron chi connectivity index (χ2n) is 9.19. The summed E-state index contributed by atoms with van der Waals surface area (Å²) in [5.41, 5.74) is -0.533. The van der Waals surface area contributed by atoms with Crippen LogP contribution in [0.1, 0.15) is 70.3 Å². The van der Waals surface area contributed by atoms with Crippen molar-refractivity contribution in [3.63, 3.8) is 0 Å². The predicted molar refractivity (Wildman–Crippen MR) is 117 cm³/mol. The molecule has 2 aliphatic heterocycles. The number of hydrogen-bond acceptors (Lipinski definition) is 3. The largest absolute Gasteiger partial charge is 0.382 e. The van der Waals surface area contributed by atoms with E-state index in [1.807, 2.05) is 18.2 Å². The van der Waals surface area contributed by atoms with Crippen LogP contribution in [-0.4, -0.2) is 52.7 Å². The maximum Gasteiger partial charge on any atom is 0.124 e. The highest BCUT2D eigenvalue weighted by Gasteiger charge is 2.60. The molecule has 2 heterocycles. The summed E-state index contributed by atoms with van der Waals surface area (Å²) in [7, 11) is 0. The Morgan fingerprint density at radius 1 is 0.929 bits per heavy atom. The van der Waals surface area contributed by atoms with Gasteiger partial charge in [0.1, 0.15) is 5.60 Å². The fourth-order valence-corrected chi connectivity index (χ4v) is 6.57. The van der Waals surface area contributed by atoms with E-state index in [2.05, 4.69) is 16.7 Å². The molecule has 5 heteroatoms. The van der Waals surface area contributed by atoms with Crippen LogP contribution < -0.4 is 0 Å². The molecule has 3 unspecified atom stereocenters. The van der Waals surface area contributed by atoms with Gasteiger partial charge in [0.15, 0.2) is 0 Å². The first-order chi connectivity index (χ1) is 13.5. The Morgan fingerprint density at radius 2 is 1.57 bits per heavy atom. The third-order valence-corrected chi connectivity index (χ3v) is 8.51. The van der Waals surface area contributed by atoms with Crippen molar-refractivity contribution in [2.75, 3.05) is 26.2 Å². The van der Waals surface area contributed by atoms with Gasteiger partial charge in [0.2, 0.25) is 0 Å². The Labute approximate surface area is 180 Å². The monoisotopic (exact) mass is 424 g/mol. The Balaban J connectivity index is 1.83. The summed E-state index contributed by atoms with van der Waals surface area (Å²) in [6, 6.07) is 5.87. The third kappa shape index (κ3) is 3.41. The molecule has 0 aromatic heterocycles. The van der Waals surface area contributed by atoms with Crippen LogP contribution in [0.2, 0.25) is 10.0 Å². The second-order valence-corrected chi connectivity index (χ2v) is 9.98. The number of piperidine rings is 2. The molecule has 3 aliphatic rings. The predicted octanol–water partition coefficient (Wildman–Crippen LogP) is 5.46. The lowest BCUT2D eigenvalue weighted by molar-refractivity contribution is -0.185. The lowest BCUT2D eigenvalue weighted by Crippen LogP contribution is -2.71. The molecule has 0 radical (unpaired) electrons. The molecule has 0 spiro atoms. The van der Waals surface area contributed by atoms with Crippen LogP contribution in [0.5, 0.6) is 0 Å². The van der Waals surface area contributed by atoms with Crippen molar-refractivity contribution in [1.82, 2.24) is 9.80 Å². The number of halogens is 2. The number of rotatable bonds is 3. The maximum absolute atomic E-state index is 12.7. The first-order valence-corrected chi connectivity index (χ1v) is 11.9. The molecule has 3 nitrogen and oxygen atoms in total. The van der Waals surface area contributed by atoms with E-state index in [-0.39, 0.29) is 11.6 Å². The normalized spacial score (nSPS) is 35.8. The van der Waals surface area contributed by atoms with Gasteiger partial charge in [-0.3, -0.25) is 9.80 Å². The van der Waals surface area contributed by atoms with E-state index in [1.165, 1.54) is 38.5 Å². The molecule has 3 fully saturated rings. The molecule has 4 rings (SSSR count). The molecule has 2 saturated heterocycles. The molecule has 1 N–H and O–H groups in total. The van der Waals surface area contributed by atoms with E-state index < -0.39 is 5.60 Å². The van der Waals surface area contributed by atoms with Crippen molar-refractivity contribution in [1.29, 1.82) is 0 Å². The summed E-state index contributed by atoms with van der Waals surface area (Å²) >= 11 is 13.2. The van der Waals surface area contributed by atoms with Gasteiger partial charge in [-0.25, -0.2) is 0 Å². The highest BCUT2D eigenvalue weighted by molar-refractivity contribution is 6.42. The van der Waals surface area contributed by atoms with Crippen LogP contribution in [0, 0.1) is 0 Å². The standard InChI is InChI=1S/C23H34Cl2N2O/c1-22(27-16-6-3-7-17-27)13-9-12-20(26-14-4-2-5-15-26)23(22,28)18-10-8-11-19(24)21(18)25/h8,10-11,20,28H,2-7,9,12-17H2,1H3. The zero-order chi connectivity index (χ0) is 19.8. The first kappa shape index (κ1) is 20.9. The molecule has 1 saturated carbocycles. The van der Waals surface area contributed by atoms with Crippen LogP contribution in [-0.2, 0) is 5.60 Å². The van der Waals surface area contributed by atoms with E-state index in [4.69, 9.17) is 23.2 Å². The van der Waals surface area contributed by atoms with Crippen molar-refractivity contribution in [2.45, 2.75) is 81.9 Å². The lowest BCUT2D eigenvalue weighted by Gasteiger charge is -2.61. The molecule has 0 amide bonds. The van der Waals surface area contributed by atoms with E-state index in [9.17, 15) is 5.11 Å². The van der Waals surface area contributed by atoms with Gasteiger partial charge in [0.05, 0.1) is 15.6 Å². The average molecular weight is 425 g/mol. The molecule has 28 heavy (non-hydrogen) atoms. The van der Waals surface area contributed by atoms with Crippen molar-refractivity contribution in [3.05, 3.63) is 33.8 Å². The summed E-state index contributed by atoms with van der Waals surface area (Å²) in [5.74, 6) is 0. The molecule has 3 atom stereocenters. The zero-order valence-corrected chi connectivity index (χ0v) is 18.6. The molecular formula is C23H34Cl2N2O. The quantitative estimate of drug-likeness (QED) is 0.696. The number of aliphatic hydroxyl groups is 1. The fraction of sp³-hybridized carbons (Fsp3) is 0.739. The molecule has 1 aliphatic carbocycles. The Kier molecular flexibility index (Phi) is 6.30. The Morgan fingerprint density at radius 3 is 2.25 bits per heavy atom. The Hall–Kier alpha value is -0.320. The van der Waals surface area contributed by atoms with Gasteiger partial charge in [0, 0.05) is 11.6 Å². The van der Waals surface area contributed by atoms with E-state index in [0.29, 0.717) is 10.0 Å². The number of hydrogen-bond donors (Lipinski definition) is 1. The summed E-state index contributed by atoms with van der Waals surface area (Å²) in [6.45, 7) is 6.54. The topological polar surface area (TPSA) is 26.7 Å². The lowest BCUT2D eigenvalue weighted by atomic mass is 9.62. The summed E-state index contributed by atoms with van der Waals surface area (Å²) in [6.07, 6.45) is 10.6. The zero-order valence-electron chi connectivity index (χ0n) is 17.1. The van der Waals surface area contributed by atoms with Gasteiger partial charge < -0.3 is 5.11 Å². The van der Waals surface area contributed by atoms with Gasteiger partial charge >= 0.3 is 0 Å². The second kappa shape index (κ2) is 8.43. The van der Waals surface area contributed by atoms with E-state index in [0.717, 1.165) is 51.0 Å². The highest BCUT2D eigenvalue weighted by Crippen LogP contribution is 2.52. The third-order valence-electron chi connectivity index (χ3n) is 7.69. The van der Waals surface area contributed by atoms with Gasteiger partial charge in [0.25, 0.3) is 0 Å². The van der Waals surface area contributed by atoms with Crippen molar-refractivity contribution < 1.29 is 5.11 Å². The average Bonchev–Trinajstić information content (AvgIpc) is 2.73. The van der Waals surface area contributed by atoms with Crippen molar-refractivity contribution >= 4 is 23.2 Å². The van der Waals surface area contributed by atoms with Gasteiger partial charge in [-0.2, -0.15) is 0 Å². The molecule has 156 valence electrons. The van der Waals surface area contributed by atoms with Crippen LogP contribution in [0.15, 0.2) is 18.2 Å². The summed E-state index contributed by atoms with van der Waals surface area (Å²) < 4.78 is 0. The minimum Gasteiger partial charge on any atom is -0.382 e. The van der Waals surface area contributed by atoms with Crippen LogP contribution >= 0.6 is 23.2 Å². The van der Waals surface area contributed by atoms with Gasteiger partial charge in [-0.15, -0.1) is 0 Å². The van der Waals surface area contributed by atoms with Gasteiger partial charge in [-0.1, -0.05) is 48.2 Å². The van der Waals surface area contributed by atoms with E-state index >= 15 is 0 Å². The molecular weight excluding hydrogens is 391 g/mol. The van der Waals surface area contributed by atoms with Gasteiger partial charge in [-0.05, 0) is 84.1 Å². The first-order valence-electron chi connectivity index (χ1n) is 11.1. The van der Waals surface area contributed by atoms with Crippen LogP contribution in [0.25, 0.3) is 0 Å². The molecule has 1 aromatic carbocycles. The summed E-state index contributed by atoms with van der Waals surface area (Å²) in [5, 5.41) is 13.8. The number of likely N-dealkylation sites (tertiary alicyclic amines) is 2. The highest BCUT2D eigenvalue weighted by atomic mass is 35.5. The smallest absolute Gasteiger partial charge is 0.124 e. The van der Waals surface area contributed by atoms with E-state index in [1.54, 1.807) is 0 Å². The molecule has 1 aromatic rings. The van der Waals surface area contributed by atoms with Crippen LogP contribution in [0.4, 0.5) is 0 Å². The van der Waals surface area contributed by atoms with Crippen molar-refractivity contribution in [2.24, 2.45) is 0 Å². The fourth-order valence-electron chi connectivity index (χ4n) is 6.13. The maximum atomic E-state index is 12.7. The van der Waals surface area contributed by atoms with Crippen molar-refractivity contribution in [3.8, 4) is 0 Å². The number of benzene rings is 1. The Bertz CT molecular complexity index is 687. The van der Waals surface area contributed by atoms with Crippen LogP contribution in [0.3, 0.4) is 0 Å².